The Labute approximate surface area is 97.9 Å². The topological polar surface area (TPSA) is 26.0 Å². The molecule has 0 fully saturated rings. The SMILES string of the molecule is CC.NCc1ccc(-c2ccccc2)cc1. The second-order valence-electron chi connectivity index (χ2n) is 3.27. The zero-order valence-corrected chi connectivity index (χ0v) is 9.98. The largest absolute Gasteiger partial charge is 0.326 e. The highest BCUT2D eigenvalue weighted by atomic mass is 14.5. The predicted molar refractivity (Wildman–Crippen MR) is 71.1 cm³/mol. The summed E-state index contributed by atoms with van der Waals surface area (Å²) in [6.07, 6.45) is 0. The number of benzene rings is 2. The Hall–Kier alpha value is -1.60. The molecule has 0 saturated heterocycles. The summed E-state index contributed by atoms with van der Waals surface area (Å²) < 4.78 is 0. The van der Waals surface area contributed by atoms with Crippen molar-refractivity contribution in [3.63, 3.8) is 0 Å². The molecule has 0 bridgehead atoms. The van der Waals surface area contributed by atoms with E-state index >= 15 is 0 Å². The summed E-state index contributed by atoms with van der Waals surface area (Å²) in [6.45, 7) is 4.61. The van der Waals surface area contributed by atoms with E-state index < -0.39 is 0 Å². The summed E-state index contributed by atoms with van der Waals surface area (Å²) in [6, 6.07) is 18.7. The van der Waals surface area contributed by atoms with E-state index in [4.69, 9.17) is 5.73 Å². The van der Waals surface area contributed by atoms with E-state index in [1.165, 1.54) is 16.7 Å². The number of hydrogen-bond donors (Lipinski definition) is 1. The van der Waals surface area contributed by atoms with Gasteiger partial charge in [0.2, 0.25) is 0 Å². The normalized spacial score (nSPS) is 9.19. The molecule has 0 atom stereocenters. The van der Waals surface area contributed by atoms with Crippen molar-refractivity contribution >= 4 is 0 Å². The minimum Gasteiger partial charge on any atom is -0.326 e. The summed E-state index contributed by atoms with van der Waals surface area (Å²) in [5.41, 5.74) is 9.19. The highest BCUT2D eigenvalue weighted by Crippen LogP contribution is 2.18. The summed E-state index contributed by atoms with van der Waals surface area (Å²) >= 11 is 0. The van der Waals surface area contributed by atoms with Crippen molar-refractivity contribution in [1.29, 1.82) is 0 Å². The monoisotopic (exact) mass is 213 g/mol. The van der Waals surface area contributed by atoms with Crippen LogP contribution in [0.1, 0.15) is 19.4 Å². The Morgan fingerprint density at radius 3 is 1.75 bits per heavy atom. The van der Waals surface area contributed by atoms with Crippen LogP contribution >= 0.6 is 0 Å². The van der Waals surface area contributed by atoms with Crippen molar-refractivity contribution in [3.05, 3.63) is 60.2 Å². The van der Waals surface area contributed by atoms with Crippen LogP contribution in [-0.2, 0) is 6.54 Å². The second kappa shape index (κ2) is 6.81. The smallest absolute Gasteiger partial charge is 0.0178 e. The van der Waals surface area contributed by atoms with Crippen molar-refractivity contribution in [2.75, 3.05) is 0 Å². The van der Waals surface area contributed by atoms with Crippen LogP contribution in [0.2, 0.25) is 0 Å². The van der Waals surface area contributed by atoms with Crippen LogP contribution < -0.4 is 5.73 Å². The fourth-order valence-corrected chi connectivity index (χ4v) is 1.46. The lowest BCUT2D eigenvalue weighted by Gasteiger charge is -2.02. The zero-order chi connectivity index (χ0) is 11.8. The second-order valence-corrected chi connectivity index (χ2v) is 3.27. The van der Waals surface area contributed by atoms with Gasteiger partial charge in [0, 0.05) is 6.54 Å². The molecule has 0 unspecified atom stereocenters. The van der Waals surface area contributed by atoms with Gasteiger partial charge < -0.3 is 5.73 Å². The average molecular weight is 213 g/mol. The van der Waals surface area contributed by atoms with Crippen LogP contribution in [0.4, 0.5) is 0 Å². The molecule has 0 aromatic heterocycles. The molecule has 1 nitrogen and oxygen atoms in total. The molecule has 0 aliphatic heterocycles. The third-order valence-corrected chi connectivity index (χ3v) is 2.30. The number of hydrogen-bond acceptors (Lipinski definition) is 1. The van der Waals surface area contributed by atoms with E-state index in [1.54, 1.807) is 0 Å². The van der Waals surface area contributed by atoms with Gasteiger partial charge in [0.05, 0.1) is 0 Å². The summed E-state index contributed by atoms with van der Waals surface area (Å²) in [5, 5.41) is 0. The van der Waals surface area contributed by atoms with E-state index in [0.29, 0.717) is 6.54 Å². The number of rotatable bonds is 2. The number of nitrogens with two attached hydrogens (primary N) is 1. The van der Waals surface area contributed by atoms with Gasteiger partial charge in [-0.15, -0.1) is 0 Å². The van der Waals surface area contributed by atoms with E-state index in [2.05, 4.69) is 36.4 Å². The standard InChI is InChI=1S/C13H13N.C2H6/c14-10-11-6-8-13(9-7-11)12-4-2-1-3-5-12;1-2/h1-9H,10,14H2;1-2H3. The van der Waals surface area contributed by atoms with Crippen LogP contribution in [-0.4, -0.2) is 0 Å². The Morgan fingerprint density at radius 1 is 0.750 bits per heavy atom. The molecule has 0 spiro atoms. The van der Waals surface area contributed by atoms with Crippen molar-refractivity contribution in [3.8, 4) is 11.1 Å². The van der Waals surface area contributed by atoms with E-state index in [1.807, 2.05) is 32.0 Å². The zero-order valence-electron chi connectivity index (χ0n) is 9.98. The molecule has 2 aromatic carbocycles. The van der Waals surface area contributed by atoms with Crippen LogP contribution in [0, 0.1) is 0 Å². The molecule has 84 valence electrons. The van der Waals surface area contributed by atoms with Crippen molar-refractivity contribution in [1.82, 2.24) is 0 Å². The lowest BCUT2D eigenvalue weighted by atomic mass is 10.0. The Balaban J connectivity index is 0.000000606. The van der Waals surface area contributed by atoms with Gasteiger partial charge in [0.1, 0.15) is 0 Å². The van der Waals surface area contributed by atoms with Gasteiger partial charge >= 0.3 is 0 Å². The summed E-state index contributed by atoms with van der Waals surface area (Å²) in [7, 11) is 0. The van der Waals surface area contributed by atoms with Gasteiger partial charge in [-0.25, -0.2) is 0 Å². The molecule has 16 heavy (non-hydrogen) atoms. The van der Waals surface area contributed by atoms with Crippen LogP contribution in [0.25, 0.3) is 11.1 Å². The van der Waals surface area contributed by atoms with Crippen molar-refractivity contribution < 1.29 is 0 Å². The third kappa shape index (κ3) is 3.21. The van der Waals surface area contributed by atoms with Gasteiger partial charge in [0.25, 0.3) is 0 Å². The van der Waals surface area contributed by atoms with Crippen LogP contribution in [0.3, 0.4) is 0 Å². The van der Waals surface area contributed by atoms with Gasteiger partial charge in [-0.2, -0.15) is 0 Å². The Kier molecular flexibility index (Phi) is 5.30. The quantitative estimate of drug-likeness (QED) is 0.806. The molecule has 2 aromatic rings. The van der Waals surface area contributed by atoms with E-state index in [-0.39, 0.29) is 0 Å². The lowest BCUT2D eigenvalue weighted by Crippen LogP contribution is -1.95. The molecule has 0 heterocycles. The molecule has 2 rings (SSSR count). The molecule has 0 aliphatic carbocycles. The van der Waals surface area contributed by atoms with Gasteiger partial charge in [-0.1, -0.05) is 68.4 Å². The van der Waals surface area contributed by atoms with Crippen molar-refractivity contribution in [2.24, 2.45) is 5.73 Å². The molecule has 0 amide bonds. The van der Waals surface area contributed by atoms with Gasteiger partial charge in [0.15, 0.2) is 0 Å². The molecule has 2 N–H and O–H groups in total. The van der Waals surface area contributed by atoms with Crippen molar-refractivity contribution in [2.45, 2.75) is 20.4 Å². The average Bonchev–Trinajstić information content (AvgIpc) is 2.42. The first-order valence-electron chi connectivity index (χ1n) is 5.74. The molecular formula is C15H19N. The first kappa shape index (κ1) is 12.5. The highest BCUT2D eigenvalue weighted by Gasteiger charge is 1.95. The minimum absolute atomic E-state index is 0.606. The molecule has 0 aliphatic rings. The maximum absolute atomic E-state index is 5.54. The molecule has 0 saturated carbocycles. The van der Waals surface area contributed by atoms with E-state index in [9.17, 15) is 0 Å². The van der Waals surface area contributed by atoms with Gasteiger partial charge in [-0.05, 0) is 16.7 Å². The molecule has 1 heteroatoms. The Morgan fingerprint density at radius 2 is 1.25 bits per heavy atom. The maximum atomic E-state index is 5.54. The minimum atomic E-state index is 0.606. The maximum Gasteiger partial charge on any atom is 0.0178 e. The van der Waals surface area contributed by atoms with Crippen LogP contribution in [0.15, 0.2) is 54.6 Å². The predicted octanol–water partition coefficient (Wildman–Crippen LogP) is 3.84. The molecular weight excluding hydrogens is 194 g/mol. The highest BCUT2D eigenvalue weighted by molar-refractivity contribution is 5.63. The van der Waals surface area contributed by atoms with E-state index in [0.717, 1.165) is 0 Å². The fourth-order valence-electron chi connectivity index (χ4n) is 1.46. The fraction of sp³-hybridized carbons (Fsp3) is 0.200. The first-order chi connectivity index (χ1) is 7.90. The first-order valence-corrected chi connectivity index (χ1v) is 5.74. The molecule has 0 radical (unpaired) electrons. The Bertz CT molecular complexity index is 390. The lowest BCUT2D eigenvalue weighted by molar-refractivity contribution is 1.07. The summed E-state index contributed by atoms with van der Waals surface area (Å²) in [4.78, 5) is 0. The third-order valence-electron chi connectivity index (χ3n) is 2.30. The van der Waals surface area contributed by atoms with Gasteiger partial charge in [-0.3, -0.25) is 0 Å². The van der Waals surface area contributed by atoms with Crippen LogP contribution in [0.5, 0.6) is 0 Å². The summed E-state index contributed by atoms with van der Waals surface area (Å²) in [5.74, 6) is 0.